The average molecular weight is 385 g/mol. The van der Waals surface area contributed by atoms with Crippen molar-refractivity contribution < 1.29 is 9.18 Å². The van der Waals surface area contributed by atoms with Crippen LogP contribution in [0.2, 0.25) is 0 Å². The molecule has 2 fully saturated rings. The monoisotopic (exact) mass is 385 g/mol. The number of amides is 1. The van der Waals surface area contributed by atoms with Gasteiger partial charge in [0.1, 0.15) is 18.5 Å². The Balaban J connectivity index is 1.46. The number of anilines is 1. The van der Waals surface area contributed by atoms with Gasteiger partial charge < -0.3 is 9.80 Å². The molecule has 1 unspecified atom stereocenters. The predicted octanol–water partition coefficient (Wildman–Crippen LogP) is 3.25. The second-order valence-electron chi connectivity index (χ2n) is 8.69. The lowest BCUT2D eigenvalue weighted by molar-refractivity contribution is -0.135. The lowest BCUT2D eigenvalue weighted by atomic mass is 9.87. The van der Waals surface area contributed by atoms with E-state index in [1.54, 1.807) is 11.0 Å². The van der Waals surface area contributed by atoms with E-state index in [9.17, 15) is 9.18 Å². The SMILES string of the molecule is CC1(C)CC2(CCCN2C(=O)CCCn2cncn2)CN1c1ccc(F)cc1. The van der Waals surface area contributed by atoms with Gasteiger partial charge in [-0.1, -0.05) is 0 Å². The summed E-state index contributed by atoms with van der Waals surface area (Å²) in [5, 5.41) is 4.10. The Morgan fingerprint density at radius 1 is 1.25 bits per heavy atom. The van der Waals surface area contributed by atoms with Gasteiger partial charge in [0.05, 0.1) is 5.54 Å². The largest absolute Gasteiger partial charge is 0.364 e. The summed E-state index contributed by atoms with van der Waals surface area (Å²) < 4.78 is 15.1. The predicted molar refractivity (Wildman–Crippen MR) is 105 cm³/mol. The number of halogens is 1. The summed E-state index contributed by atoms with van der Waals surface area (Å²) in [5.74, 6) is 0.00916. The minimum atomic E-state index is -0.222. The van der Waals surface area contributed by atoms with Crippen molar-refractivity contribution in [1.29, 1.82) is 0 Å². The van der Waals surface area contributed by atoms with Crippen LogP contribution in [-0.2, 0) is 11.3 Å². The molecule has 1 aromatic heterocycles. The molecule has 1 spiro atoms. The van der Waals surface area contributed by atoms with E-state index in [0.29, 0.717) is 13.0 Å². The van der Waals surface area contributed by atoms with Crippen molar-refractivity contribution in [3.05, 3.63) is 42.7 Å². The molecule has 0 radical (unpaired) electrons. The Morgan fingerprint density at radius 3 is 2.75 bits per heavy atom. The highest BCUT2D eigenvalue weighted by Crippen LogP contribution is 2.47. The van der Waals surface area contributed by atoms with Gasteiger partial charge in [0, 0.05) is 37.3 Å². The molecule has 2 saturated heterocycles. The summed E-state index contributed by atoms with van der Waals surface area (Å²) in [6.07, 6.45) is 7.50. The third-order valence-corrected chi connectivity index (χ3v) is 6.23. The van der Waals surface area contributed by atoms with E-state index in [0.717, 1.165) is 44.5 Å². The summed E-state index contributed by atoms with van der Waals surface area (Å²) in [5.41, 5.74) is 0.817. The van der Waals surface area contributed by atoms with Crippen molar-refractivity contribution in [2.75, 3.05) is 18.0 Å². The second-order valence-corrected chi connectivity index (χ2v) is 8.69. The van der Waals surface area contributed by atoms with E-state index < -0.39 is 0 Å². The molecule has 28 heavy (non-hydrogen) atoms. The van der Waals surface area contributed by atoms with Crippen LogP contribution in [0.5, 0.6) is 0 Å². The highest BCUT2D eigenvalue weighted by molar-refractivity contribution is 5.78. The molecule has 1 atom stereocenters. The summed E-state index contributed by atoms with van der Waals surface area (Å²) in [6, 6.07) is 6.71. The third kappa shape index (κ3) is 3.50. The third-order valence-electron chi connectivity index (χ3n) is 6.23. The molecule has 0 saturated carbocycles. The van der Waals surface area contributed by atoms with Crippen molar-refractivity contribution in [2.24, 2.45) is 0 Å². The highest BCUT2D eigenvalue weighted by atomic mass is 19.1. The molecule has 150 valence electrons. The molecule has 1 aromatic carbocycles. The number of carbonyl (C=O) groups is 1. The molecule has 2 aliphatic rings. The van der Waals surface area contributed by atoms with Gasteiger partial charge in [-0.2, -0.15) is 5.10 Å². The molecule has 2 aromatic rings. The molecular weight excluding hydrogens is 357 g/mol. The molecule has 4 rings (SSSR count). The Labute approximate surface area is 165 Å². The van der Waals surface area contributed by atoms with Crippen molar-refractivity contribution in [3.63, 3.8) is 0 Å². The van der Waals surface area contributed by atoms with Gasteiger partial charge >= 0.3 is 0 Å². The van der Waals surface area contributed by atoms with Gasteiger partial charge in [0.15, 0.2) is 0 Å². The normalized spacial score (nSPS) is 23.7. The van der Waals surface area contributed by atoms with E-state index in [1.807, 2.05) is 12.1 Å². The zero-order chi connectivity index (χ0) is 19.8. The Hall–Kier alpha value is -2.44. The summed E-state index contributed by atoms with van der Waals surface area (Å²) in [4.78, 5) is 21.5. The van der Waals surface area contributed by atoms with Crippen molar-refractivity contribution in [3.8, 4) is 0 Å². The molecule has 0 N–H and O–H groups in total. The quantitative estimate of drug-likeness (QED) is 0.793. The molecule has 6 nitrogen and oxygen atoms in total. The van der Waals surface area contributed by atoms with Gasteiger partial charge in [-0.15, -0.1) is 0 Å². The summed E-state index contributed by atoms with van der Waals surface area (Å²) >= 11 is 0. The standard InChI is InChI=1S/C21H28FN5O/c1-20(2)13-21(14-27(20)18-8-6-17(22)7-9-18)10-4-12-26(21)19(28)5-3-11-25-16-23-15-24-25/h6-9,15-16H,3-5,10-14H2,1-2H3. The van der Waals surface area contributed by atoms with E-state index in [1.165, 1.54) is 18.5 Å². The molecular formula is C21H28FN5O. The number of hydrogen-bond donors (Lipinski definition) is 0. The zero-order valence-electron chi connectivity index (χ0n) is 16.6. The number of rotatable bonds is 5. The van der Waals surface area contributed by atoms with Crippen LogP contribution >= 0.6 is 0 Å². The minimum Gasteiger partial charge on any atom is -0.364 e. The number of carbonyl (C=O) groups excluding carboxylic acids is 1. The maximum absolute atomic E-state index is 13.4. The molecule has 2 aliphatic heterocycles. The van der Waals surface area contributed by atoms with Gasteiger partial charge in [0.2, 0.25) is 5.91 Å². The summed E-state index contributed by atoms with van der Waals surface area (Å²) in [6.45, 7) is 6.78. The van der Waals surface area contributed by atoms with Gasteiger partial charge in [-0.25, -0.2) is 9.37 Å². The van der Waals surface area contributed by atoms with Gasteiger partial charge in [-0.05, 0) is 63.8 Å². The fourth-order valence-electron chi connectivity index (χ4n) is 5.08. The number of nitrogens with zero attached hydrogens (tertiary/aromatic N) is 5. The fraction of sp³-hybridized carbons (Fsp3) is 0.571. The molecule has 7 heteroatoms. The molecule has 1 amide bonds. The van der Waals surface area contributed by atoms with Crippen LogP contribution in [0.25, 0.3) is 0 Å². The summed E-state index contributed by atoms with van der Waals surface area (Å²) in [7, 11) is 0. The van der Waals surface area contributed by atoms with E-state index in [2.05, 4.69) is 33.7 Å². The van der Waals surface area contributed by atoms with Crippen LogP contribution in [0.15, 0.2) is 36.9 Å². The van der Waals surface area contributed by atoms with Crippen LogP contribution in [0, 0.1) is 5.82 Å². The van der Waals surface area contributed by atoms with E-state index >= 15 is 0 Å². The van der Waals surface area contributed by atoms with Crippen LogP contribution in [0.1, 0.15) is 46.0 Å². The minimum absolute atomic E-state index is 0.0819. The van der Waals surface area contributed by atoms with E-state index in [4.69, 9.17) is 0 Å². The maximum atomic E-state index is 13.4. The lowest BCUT2D eigenvalue weighted by Gasteiger charge is -2.35. The number of hydrogen-bond acceptors (Lipinski definition) is 4. The first-order valence-electron chi connectivity index (χ1n) is 10.1. The Bertz CT molecular complexity index is 820. The topological polar surface area (TPSA) is 54.3 Å². The maximum Gasteiger partial charge on any atom is 0.223 e. The first-order chi connectivity index (χ1) is 13.4. The smallest absolute Gasteiger partial charge is 0.223 e. The van der Waals surface area contributed by atoms with Crippen molar-refractivity contribution >= 4 is 11.6 Å². The lowest BCUT2D eigenvalue weighted by Crippen LogP contribution is -2.49. The highest BCUT2D eigenvalue weighted by Gasteiger charge is 2.54. The van der Waals surface area contributed by atoms with E-state index in [-0.39, 0.29) is 22.8 Å². The van der Waals surface area contributed by atoms with Crippen molar-refractivity contribution in [1.82, 2.24) is 19.7 Å². The van der Waals surface area contributed by atoms with Gasteiger partial charge in [-0.3, -0.25) is 9.48 Å². The van der Waals surface area contributed by atoms with Crippen LogP contribution in [0.4, 0.5) is 10.1 Å². The van der Waals surface area contributed by atoms with Crippen LogP contribution in [-0.4, -0.2) is 49.7 Å². The number of likely N-dealkylation sites (tertiary alicyclic amines) is 1. The molecule has 3 heterocycles. The zero-order valence-corrected chi connectivity index (χ0v) is 16.6. The van der Waals surface area contributed by atoms with Crippen LogP contribution < -0.4 is 4.90 Å². The average Bonchev–Trinajstić information content (AvgIpc) is 3.35. The Morgan fingerprint density at radius 2 is 2.04 bits per heavy atom. The second kappa shape index (κ2) is 7.18. The number of aromatic nitrogens is 3. The Kier molecular flexibility index (Phi) is 4.85. The fourth-order valence-corrected chi connectivity index (χ4v) is 5.08. The first-order valence-corrected chi connectivity index (χ1v) is 10.1. The number of aryl methyl sites for hydroxylation is 1. The van der Waals surface area contributed by atoms with Crippen LogP contribution in [0.3, 0.4) is 0 Å². The number of benzene rings is 1. The van der Waals surface area contributed by atoms with Crippen molar-refractivity contribution in [2.45, 2.75) is 63.6 Å². The molecule has 0 bridgehead atoms. The first kappa shape index (κ1) is 18.9. The van der Waals surface area contributed by atoms with Gasteiger partial charge in [0.25, 0.3) is 0 Å². The molecule has 0 aliphatic carbocycles.